The van der Waals surface area contributed by atoms with E-state index in [4.69, 9.17) is 9.72 Å². The van der Waals surface area contributed by atoms with Crippen LogP contribution in [0.3, 0.4) is 0 Å². The Bertz CT molecular complexity index is 1850. The number of ether oxygens (including phenoxy) is 1. The lowest BCUT2D eigenvalue weighted by molar-refractivity contribution is 0.0601. The van der Waals surface area contributed by atoms with Crippen molar-refractivity contribution in [2.45, 2.75) is 12.8 Å². The largest absolute Gasteiger partial charge is 0.465 e. The number of nitrogens with one attached hydrogen (secondary N) is 1. The molecule has 1 N–H and O–H groups in total. The molecule has 6 rings (SSSR count). The number of rotatable bonds is 2. The van der Waals surface area contributed by atoms with Crippen molar-refractivity contribution in [3.8, 4) is 35.4 Å². The number of benzene rings is 4. The van der Waals surface area contributed by atoms with Crippen LogP contribution in [-0.2, 0) is 4.74 Å². The number of imidazole rings is 1. The molecular formula is C30H18N4O2. The number of fused-ring (bicyclic) bond motifs is 6. The molecule has 1 saturated carbocycles. The molecule has 0 amide bonds. The normalized spacial score (nSPS) is 12.6. The maximum Gasteiger partial charge on any atom is 0.337 e. The Labute approximate surface area is 206 Å². The van der Waals surface area contributed by atoms with Crippen LogP contribution in [0.25, 0.3) is 44.0 Å². The van der Waals surface area contributed by atoms with Crippen molar-refractivity contribution in [3.63, 3.8) is 0 Å². The number of H-pyrrole nitrogens is 1. The number of hydrogen-bond donors (Lipinski definition) is 1. The minimum absolute atomic E-state index is 0.368. The molecule has 1 aromatic heterocycles. The molecular weight excluding hydrogens is 448 g/mol. The summed E-state index contributed by atoms with van der Waals surface area (Å²) in [6.45, 7) is 0. The van der Waals surface area contributed by atoms with E-state index in [1.54, 1.807) is 24.3 Å². The standard InChI is InChI=1S/C30H18N4O2/c1-36-30(35)19-10-12-23-25(14-19)24-13-18(8-7-17-5-6-17)9-11-22(24)27-28(23)34-29(33-27)26-20(15-31)3-2-4-21(26)16-32/h2-4,9-14,17H,5-6H2,1H3,(H,33,34). The summed E-state index contributed by atoms with van der Waals surface area (Å²) in [4.78, 5) is 20.6. The Morgan fingerprint density at radius 3 is 2.39 bits per heavy atom. The summed E-state index contributed by atoms with van der Waals surface area (Å²) in [6.07, 6.45) is 2.30. The number of nitrogens with zero attached hydrogens (tertiary/aromatic N) is 3. The van der Waals surface area contributed by atoms with E-state index in [0.717, 1.165) is 45.5 Å². The lowest BCUT2D eigenvalue weighted by atomic mass is 9.96. The van der Waals surface area contributed by atoms with Crippen molar-refractivity contribution in [1.29, 1.82) is 10.5 Å². The molecule has 1 fully saturated rings. The zero-order valence-electron chi connectivity index (χ0n) is 19.3. The highest BCUT2D eigenvalue weighted by Crippen LogP contribution is 2.37. The minimum atomic E-state index is -0.417. The lowest BCUT2D eigenvalue weighted by Crippen LogP contribution is -2.00. The molecule has 0 bridgehead atoms. The number of aromatic amines is 1. The van der Waals surface area contributed by atoms with E-state index in [0.29, 0.717) is 39.5 Å². The third kappa shape index (κ3) is 3.43. The highest BCUT2D eigenvalue weighted by atomic mass is 16.5. The second-order valence-electron chi connectivity index (χ2n) is 8.82. The second-order valence-corrected chi connectivity index (χ2v) is 8.82. The number of carbonyl (C=O) groups is 1. The van der Waals surface area contributed by atoms with Crippen molar-refractivity contribution < 1.29 is 9.53 Å². The first-order valence-corrected chi connectivity index (χ1v) is 11.5. The van der Waals surface area contributed by atoms with Crippen molar-refractivity contribution in [2.75, 3.05) is 7.11 Å². The first-order chi connectivity index (χ1) is 17.6. The molecule has 0 atom stereocenters. The van der Waals surface area contributed by atoms with Gasteiger partial charge >= 0.3 is 5.97 Å². The van der Waals surface area contributed by atoms with E-state index in [-0.39, 0.29) is 0 Å². The van der Waals surface area contributed by atoms with Crippen molar-refractivity contribution in [2.24, 2.45) is 5.92 Å². The van der Waals surface area contributed by atoms with Gasteiger partial charge in [0.05, 0.1) is 52.5 Å². The van der Waals surface area contributed by atoms with Gasteiger partial charge in [-0.2, -0.15) is 10.5 Å². The van der Waals surface area contributed by atoms with Gasteiger partial charge < -0.3 is 9.72 Å². The number of aromatic nitrogens is 2. The van der Waals surface area contributed by atoms with Crippen LogP contribution in [-0.4, -0.2) is 23.0 Å². The third-order valence-electron chi connectivity index (χ3n) is 6.52. The van der Waals surface area contributed by atoms with E-state index >= 15 is 0 Å². The Balaban J connectivity index is 1.70. The Hall–Kier alpha value is -5.12. The van der Waals surface area contributed by atoms with Gasteiger partial charge in [-0.15, -0.1) is 0 Å². The van der Waals surface area contributed by atoms with Crippen molar-refractivity contribution in [1.82, 2.24) is 9.97 Å². The second kappa shape index (κ2) is 8.27. The van der Waals surface area contributed by atoms with Gasteiger partial charge in [0.15, 0.2) is 0 Å². The smallest absolute Gasteiger partial charge is 0.337 e. The summed E-state index contributed by atoms with van der Waals surface area (Å²) in [5, 5.41) is 22.9. The molecule has 0 saturated heterocycles. The van der Waals surface area contributed by atoms with E-state index in [1.807, 2.05) is 30.3 Å². The van der Waals surface area contributed by atoms with Gasteiger partial charge in [0.25, 0.3) is 0 Å². The number of hydrogen-bond acceptors (Lipinski definition) is 5. The average molecular weight is 467 g/mol. The minimum Gasteiger partial charge on any atom is -0.465 e. The van der Waals surface area contributed by atoms with Gasteiger partial charge in [0.1, 0.15) is 5.82 Å². The van der Waals surface area contributed by atoms with Gasteiger partial charge in [-0.3, -0.25) is 0 Å². The van der Waals surface area contributed by atoms with E-state index < -0.39 is 5.97 Å². The Kier molecular flexibility index (Phi) is 4.92. The molecule has 1 aliphatic rings. The fourth-order valence-corrected chi connectivity index (χ4v) is 4.57. The number of nitriles is 2. The van der Waals surface area contributed by atoms with Gasteiger partial charge in [-0.25, -0.2) is 9.78 Å². The molecule has 0 spiro atoms. The van der Waals surface area contributed by atoms with Crippen LogP contribution >= 0.6 is 0 Å². The molecule has 1 aliphatic carbocycles. The predicted octanol–water partition coefficient (Wildman–Crippen LogP) is 5.83. The molecule has 1 heterocycles. The first-order valence-electron chi connectivity index (χ1n) is 11.5. The molecule has 6 nitrogen and oxygen atoms in total. The average Bonchev–Trinajstić information content (AvgIpc) is 3.66. The highest BCUT2D eigenvalue weighted by molar-refractivity contribution is 6.24. The summed E-state index contributed by atoms with van der Waals surface area (Å²) in [5.74, 6) is 7.10. The van der Waals surface area contributed by atoms with Crippen LogP contribution in [0.5, 0.6) is 0 Å². The van der Waals surface area contributed by atoms with Crippen LogP contribution in [0.1, 0.15) is 39.9 Å². The molecule has 0 aliphatic heterocycles. The quantitative estimate of drug-likeness (QED) is 0.200. The maximum absolute atomic E-state index is 12.3. The van der Waals surface area contributed by atoms with Crippen LogP contribution in [0.2, 0.25) is 0 Å². The molecule has 4 aromatic carbocycles. The maximum atomic E-state index is 12.3. The fraction of sp³-hybridized carbons (Fsp3) is 0.133. The monoisotopic (exact) mass is 466 g/mol. The summed E-state index contributed by atoms with van der Waals surface area (Å²) in [5.41, 5.74) is 4.03. The van der Waals surface area contributed by atoms with Crippen LogP contribution < -0.4 is 0 Å². The van der Waals surface area contributed by atoms with Gasteiger partial charge in [0, 0.05) is 22.3 Å². The van der Waals surface area contributed by atoms with Gasteiger partial charge in [-0.05, 0) is 60.0 Å². The Morgan fingerprint density at radius 1 is 0.972 bits per heavy atom. The fourth-order valence-electron chi connectivity index (χ4n) is 4.57. The number of esters is 1. The molecule has 0 unspecified atom stereocenters. The zero-order valence-corrected chi connectivity index (χ0v) is 19.3. The molecule has 170 valence electrons. The van der Waals surface area contributed by atoms with Crippen LogP contribution in [0, 0.1) is 40.4 Å². The lowest BCUT2D eigenvalue weighted by Gasteiger charge is -2.08. The van der Waals surface area contributed by atoms with Gasteiger partial charge in [-0.1, -0.05) is 30.0 Å². The molecule has 36 heavy (non-hydrogen) atoms. The summed E-state index contributed by atoms with van der Waals surface area (Å²) in [6, 6.07) is 20.8. The van der Waals surface area contributed by atoms with Crippen molar-refractivity contribution >= 4 is 38.5 Å². The number of methoxy groups -OCH3 is 1. The van der Waals surface area contributed by atoms with E-state index in [1.165, 1.54) is 7.11 Å². The first kappa shape index (κ1) is 21.4. The number of carbonyl (C=O) groups excluding carboxylic acids is 1. The molecule has 0 radical (unpaired) electrons. The van der Waals surface area contributed by atoms with E-state index in [2.05, 4.69) is 29.0 Å². The summed E-state index contributed by atoms with van der Waals surface area (Å²) < 4.78 is 4.95. The van der Waals surface area contributed by atoms with Gasteiger partial charge in [0.2, 0.25) is 0 Å². The third-order valence-corrected chi connectivity index (χ3v) is 6.52. The van der Waals surface area contributed by atoms with Crippen molar-refractivity contribution in [3.05, 3.63) is 76.9 Å². The molecule has 5 aromatic rings. The van der Waals surface area contributed by atoms with E-state index in [9.17, 15) is 15.3 Å². The SMILES string of the molecule is COC(=O)c1ccc2c(c1)c1cc(C#CC3CC3)ccc1c1[nH]c(-c3c(C#N)cccc3C#N)nc21. The topological polar surface area (TPSA) is 103 Å². The zero-order chi connectivity index (χ0) is 24.8. The highest BCUT2D eigenvalue weighted by Gasteiger charge is 2.20. The Morgan fingerprint density at radius 2 is 1.69 bits per heavy atom. The summed E-state index contributed by atoms with van der Waals surface area (Å²) in [7, 11) is 1.36. The van der Waals surface area contributed by atoms with Crippen LogP contribution in [0.15, 0.2) is 54.6 Å². The van der Waals surface area contributed by atoms with Crippen LogP contribution in [0.4, 0.5) is 0 Å². The molecule has 6 heteroatoms. The summed E-state index contributed by atoms with van der Waals surface area (Å²) >= 11 is 0. The predicted molar refractivity (Wildman–Crippen MR) is 137 cm³/mol.